The molecule has 0 fully saturated rings. The molecule has 0 saturated heterocycles. The molecule has 0 aliphatic heterocycles. The number of hydrogen-bond donors (Lipinski definition) is 3. The number of carbonyl (C=O) groups excluding carboxylic acids is 1. The Morgan fingerprint density at radius 2 is 2.28 bits per heavy atom. The summed E-state index contributed by atoms with van der Waals surface area (Å²) in [7, 11) is 1.59. The number of nitrogens with two attached hydrogens (primary N) is 1. The van der Waals surface area contributed by atoms with Crippen molar-refractivity contribution in [3.05, 3.63) is 29.6 Å². The number of nitrogen functional groups attached to an aromatic ring is 1. The summed E-state index contributed by atoms with van der Waals surface area (Å²) in [6.07, 6.45) is 0. The molecule has 1 amide bonds. The summed E-state index contributed by atoms with van der Waals surface area (Å²) in [4.78, 5) is 15.5. The first kappa shape index (κ1) is 11.9. The maximum Gasteiger partial charge on any atom is 0.293 e. The summed E-state index contributed by atoms with van der Waals surface area (Å²) >= 11 is 0. The molecule has 0 unspecified atom stereocenters. The Kier molecular flexibility index (Phi) is 3.13. The summed E-state index contributed by atoms with van der Waals surface area (Å²) in [5.41, 5.74) is 6.89. The number of methoxy groups -OCH3 is 1. The van der Waals surface area contributed by atoms with E-state index >= 15 is 0 Å². The van der Waals surface area contributed by atoms with E-state index in [-0.39, 0.29) is 11.8 Å². The Hall–Kier alpha value is -2.57. The highest BCUT2D eigenvalue weighted by Gasteiger charge is 2.12. The van der Waals surface area contributed by atoms with Gasteiger partial charge < -0.3 is 15.8 Å². The van der Waals surface area contributed by atoms with Crippen molar-refractivity contribution in [2.24, 2.45) is 0 Å². The second-order valence-electron chi connectivity index (χ2n) is 3.68. The van der Waals surface area contributed by atoms with Crippen LogP contribution in [0.15, 0.2) is 18.2 Å². The van der Waals surface area contributed by atoms with Gasteiger partial charge in [-0.25, -0.2) is 0 Å². The van der Waals surface area contributed by atoms with Gasteiger partial charge in [-0.05, 0) is 30.7 Å². The molecule has 1 heterocycles. The summed E-state index contributed by atoms with van der Waals surface area (Å²) in [6.45, 7) is 1.87. The second kappa shape index (κ2) is 4.74. The largest absolute Gasteiger partial charge is 0.497 e. The topological polar surface area (TPSA) is 106 Å². The SMILES string of the molecule is COc1ccc(NC(=O)c2nc(N)n[nH]2)c(C)c1. The average Bonchev–Trinajstić information content (AvgIpc) is 2.78. The van der Waals surface area contributed by atoms with Crippen molar-refractivity contribution in [3.63, 3.8) is 0 Å². The van der Waals surface area contributed by atoms with Crippen molar-refractivity contribution in [2.45, 2.75) is 6.92 Å². The van der Waals surface area contributed by atoms with Crippen LogP contribution in [-0.4, -0.2) is 28.2 Å². The van der Waals surface area contributed by atoms with Crippen LogP contribution in [0.2, 0.25) is 0 Å². The van der Waals surface area contributed by atoms with Gasteiger partial charge in [-0.2, -0.15) is 4.98 Å². The summed E-state index contributed by atoms with van der Waals surface area (Å²) < 4.78 is 5.09. The second-order valence-corrected chi connectivity index (χ2v) is 3.68. The fourth-order valence-corrected chi connectivity index (χ4v) is 1.46. The highest BCUT2D eigenvalue weighted by molar-refractivity contribution is 6.02. The summed E-state index contributed by atoms with van der Waals surface area (Å²) in [5.74, 6) is 0.441. The zero-order valence-electron chi connectivity index (χ0n) is 10.0. The molecule has 18 heavy (non-hydrogen) atoms. The third-order valence-electron chi connectivity index (χ3n) is 2.40. The number of nitrogens with zero attached hydrogens (tertiary/aromatic N) is 2. The van der Waals surface area contributed by atoms with Gasteiger partial charge in [0.15, 0.2) is 0 Å². The number of rotatable bonds is 3. The number of anilines is 2. The molecule has 1 aromatic heterocycles. The molecule has 0 aliphatic rings. The molecule has 0 radical (unpaired) electrons. The molecule has 0 aliphatic carbocycles. The standard InChI is InChI=1S/C11H13N5O2/c1-6-5-7(18-2)3-4-8(6)13-10(17)9-14-11(12)16-15-9/h3-5H,1-2H3,(H,13,17)(H3,12,14,15,16). The van der Waals surface area contributed by atoms with Gasteiger partial charge in [-0.1, -0.05) is 0 Å². The number of carbonyl (C=O) groups is 1. The minimum Gasteiger partial charge on any atom is -0.497 e. The van der Waals surface area contributed by atoms with Gasteiger partial charge in [0.05, 0.1) is 7.11 Å². The maximum atomic E-state index is 11.8. The lowest BCUT2D eigenvalue weighted by molar-refractivity contribution is 0.101. The van der Waals surface area contributed by atoms with Crippen LogP contribution in [0, 0.1) is 6.92 Å². The van der Waals surface area contributed by atoms with Crippen LogP contribution in [0.25, 0.3) is 0 Å². The van der Waals surface area contributed by atoms with E-state index in [4.69, 9.17) is 10.5 Å². The lowest BCUT2D eigenvalue weighted by Gasteiger charge is -2.08. The molecular weight excluding hydrogens is 234 g/mol. The van der Waals surface area contributed by atoms with Gasteiger partial charge in [0.25, 0.3) is 5.91 Å². The molecule has 0 spiro atoms. The van der Waals surface area contributed by atoms with Crippen LogP contribution in [0.4, 0.5) is 11.6 Å². The van der Waals surface area contributed by atoms with Crippen molar-refractivity contribution >= 4 is 17.5 Å². The van der Waals surface area contributed by atoms with Crippen molar-refractivity contribution in [3.8, 4) is 5.75 Å². The highest BCUT2D eigenvalue weighted by Crippen LogP contribution is 2.21. The van der Waals surface area contributed by atoms with Crippen molar-refractivity contribution < 1.29 is 9.53 Å². The van der Waals surface area contributed by atoms with Crippen LogP contribution in [0.5, 0.6) is 5.75 Å². The van der Waals surface area contributed by atoms with E-state index in [0.717, 1.165) is 11.3 Å². The van der Waals surface area contributed by atoms with E-state index in [2.05, 4.69) is 20.5 Å². The zero-order chi connectivity index (χ0) is 13.1. The molecule has 7 heteroatoms. The molecule has 4 N–H and O–H groups in total. The Morgan fingerprint density at radius 3 is 2.83 bits per heavy atom. The van der Waals surface area contributed by atoms with Crippen molar-refractivity contribution in [1.82, 2.24) is 15.2 Å². The summed E-state index contributed by atoms with van der Waals surface area (Å²) in [5, 5.41) is 8.74. The molecule has 94 valence electrons. The number of ether oxygens (including phenoxy) is 1. The Balaban J connectivity index is 2.16. The Bertz CT molecular complexity index is 579. The first-order valence-electron chi connectivity index (χ1n) is 5.24. The lowest BCUT2D eigenvalue weighted by atomic mass is 10.2. The predicted octanol–water partition coefficient (Wildman–Crippen LogP) is 0.956. The Labute approximate surface area is 103 Å². The number of hydrogen-bond acceptors (Lipinski definition) is 5. The van der Waals surface area contributed by atoms with Crippen LogP contribution in [-0.2, 0) is 0 Å². The number of H-pyrrole nitrogens is 1. The normalized spacial score (nSPS) is 10.1. The molecule has 0 bridgehead atoms. The minimum absolute atomic E-state index is 0.0339. The lowest BCUT2D eigenvalue weighted by Crippen LogP contribution is -2.14. The van der Waals surface area contributed by atoms with Gasteiger partial charge >= 0.3 is 0 Å². The molecular formula is C11H13N5O2. The molecule has 1 aromatic carbocycles. The van der Waals surface area contributed by atoms with Crippen molar-refractivity contribution in [1.29, 1.82) is 0 Å². The fraction of sp³-hybridized carbons (Fsp3) is 0.182. The van der Waals surface area contributed by atoms with Gasteiger partial charge in [-0.15, -0.1) is 5.10 Å². The fourth-order valence-electron chi connectivity index (χ4n) is 1.46. The van der Waals surface area contributed by atoms with Crippen LogP contribution in [0.3, 0.4) is 0 Å². The number of aromatic nitrogens is 3. The van der Waals surface area contributed by atoms with Crippen LogP contribution < -0.4 is 15.8 Å². The first-order chi connectivity index (χ1) is 8.60. The van der Waals surface area contributed by atoms with Gasteiger partial charge in [0.2, 0.25) is 11.8 Å². The number of aryl methyl sites for hydroxylation is 1. The molecule has 0 atom stereocenters. The zero-order valence-corrected chi connectivity index (χ0v) is 10.0. The van der Waals surface area contributed by atoms with E-state index in [1.165, 1.54) is 0 Å². The van der Waals surface area contributed by atoms with Gasteiger partial charge in [-0.3, -0.25) is 9.89 Å². The number of amides is 1. The third-order valence-corrected chi connectivity index (χ3v) is 2.40. The van der Waals surface area contributed by atoms with Crippen LogP contribution >= 0.6 is 0 Å². The quantitative estimate of drug-likeness (QED) is 0.748. The minimum atomic E-state index is -0.396. The molecule has 2 aromatic rings. The number of nitrogens with one attached hydrogen (secondary N) is 2. The first-order valence-corrected chi connectivity index (χ1v) is 5.24. The van der Waals surface area contributed by atoms with E-state index in [9.17, 15) is 4.79 Å². The van der Waals surface area contributed by atoms with Gasteiger partial charge in [0.1, 0.15) is 5.75 Å². The number of benzene rings is 1. The predicted molar refractivity (Wildman–Crippen MR) is 66.5 cm³/mol. The number of aromatic amines is 1. The van der Waals surface area contributed by atoms with Crippen molar-refractivity contribution in [2.75, 3.05) is 18.2 Å². The Morgan fingerprint density at radius 1 is 1.50 bits per heavy atom. The highest BCUT2D eigenvalue weighted by atomic mass is 16.5. The maximum absolute atomic E-state index is 11.8. The van der Waals surface area contributed by atoms with E-state index in [1.807, 2.05) is 13.0 Å². The average molecular weight is 247 g/mol. The monoisotopic (exact) mass is 247 g/mol. The molecule has 0 saturated carbocycles. The van der Waals surface area contributed by atoms with Gasteiger partial charge in [0, 0.05) is 5.69 Å². The smallest absolute Gasteiger partial charge is 0.293 e. The van der Waals surface area contributed by atoms with E-state index < -0.39 is 5.91 Å². The summed E-state index contributed by atoms with van der Waals surface area (Å²) in [6, 6.07) is 5.34. The molecule has 7 nitrogen and oxygen atoms in total. The van der Waals surface area contributed by atoms with Crippen LogP contribution in [0.1, 0.15) is 16.2 Å². The molecule has 2 rings (SSSR count). The van der Waals surface area contributed by atoms with E-state index in [1.54, 1.807) is 19.2 Å². The van der Waals surface area contributed by atoms with E-state index in [0.29, 0.717) is 5.69 Å². The third kappa shape index (κ3) is 2.40.